The van der Waals surface area contributed by atoms with Crippen molar-refractivity contribution in [2.75, 3.05) is 5.32 Å². The predicted octanol–water partition coefficient (Wildman–Crippen LogP) is 1.17. The first-order chi connectivity index (χ1) is 10.0. The highest BCUT2D eigenvalue weighted by Crippen LogP contribution is 2.20. The third-order valence-corrected chi connectivity index (χ3v) is 4.21. The monoisotopic (exact) mass is 332 g/mol. The van der Waals surface area contributed by atoms with E-state index >= 15 is 0 Å². The van der Waals surface area contributed by atoms with Crippen LogP contribution in [0.2, 0.25) is 0 Å². The molecule has 0 aliphatic heterocycles. The molecule has 0 saturated heterocycles. The average Bonchev–Trinajstić information content (AvgIpc) is 2.37. The minimum Gasteiger partial charge on any atom is -0.480 e. The van der Waals surface area contributed by atoms with E-state index in [4.69, 9.17) is 5.11 Å². The first kappa shape index (κ1) is 18.1. The molecule has 0 aromatic heterocycles. The zero-order chi connectivity index (χ0) is 17.1. The molecule has 1 aromatic carbocycles. The molecule has 0 heterocycles. The van der Waals surface area contributed by atoms with Gasteiger partial charge in [0, 0.05) is 6.92 Å². The molecule has 1 unspecified atom stereocenters. The summed E-state index contributed by atoms with van der Waals surface area (Å²) in [5.41, 5.74) is -0.299. The largest absolute Gasteiger partial charge is 0.480 e. The van der Waals surface area contributed by atoms with E-state index in [0.717, 1.165) is 25.1 Å². The number of nitrogens with one attached hydrogen (secondary N) is 2. The molecule has 22 heavy (non-hydrogen) atoms. The molecule has 0 bridgehead atoms. The number of carbonyl (C=O) groups is 2. The summed E-state index contributed by atoms with van der Waals surface area (Å²) in [6, 6.07) is 1.48. The number of aliphatic carboxylic acids is 1. The summed E-state index contributed by atoms with van der Waals surface area (Å²) >= 11 is 0. The molecule has 1 aromatic rings. The molecule has 0 aliphatic rings. The van der Waals surface area contributed by atoms with Gasteiger partial charge in [0.15, 0.2) is 0 Å². The Morgan fingerprint density at radius 3 is 2.32 bits per heavy atom. The van der Waals surface area contributed by atoms with Gasteiger partial charge in [-0.3, -0.25) is 9.59 Å². The normalized spacial score (nSPS) is 13.0. The smallest absolute Gasteiger partial charge is 0.322 e. The van der Waals surface area contributed by atoms with Crippen LogP contribution in [0, 0.1) is 11.7 Å². The summed E-state index contributed by atoms with van der Waals surface area (Å²) < 4.78 is 39.9. The fourth-order valence-corrected chi connectivity index (χ4v) is 3.03. The number of anilines is 1. The van der Waals surface area contributed by atoms with Gasteiger partial charge in [0.25, 0.3) is 0 Å². The SMILES string of the molecule is CC(=O)Nc1cc(S(=O)(=O)NC(C(=O)O)C(C)C)ccc1F. The van der Waals surface area contributed by atoms with Gasteiger partial charge in [-0.25, -0.2) is 12.8 Å². The maximum atomic E-state index is 13.5. The van der Waals surface area contributed by atoms with E-state index in [0.29, 0.717) is 0 Å². The van der Waals surface area contributed by atoms with Crippen molar-refractivity contribution in [3.63, 3.8) is 0 Å². The van der Waals surface area contributed by atoms with Gasteiger partial charge in [0.05, 0.1) is 10.6 Å². The number of carboxylic acids is 1. The number of rotatable bonds is 6. The predicted molar refractivity (Wildman–Crippen MR) is 77.3 cm³/mol. The van der Waals surface area contributed by atoms with Crippen LogP contribution in [-0.4, -0.2) is 31.4 Å². The zero-order valence-electron chi connectivity index (χ0n) is 12.3. The second kappa shape index (κ2) is 6.84. The van der Waals surface area contributed by atoms with E-state index in [1.165, 1.54) is 0 Å². The molecule has 0 spiro atoms. The first-order valence-corrected chi connectivity index (χ1v) is 7.85. The molecule has 122 valence electrons. The summed E-state index contributed by atoms with van der Waals surface area (Å²) in [5, 5.41) is 11.2. The summed E-state index contributed by atoms with van der Waals surface area (Å²) in [6.07, 6.45) is 0. The van der Waals surface area contributed by atoms with Crippen molar-refractivity contribution in [1.29, 1.82) is 0 Å². The van der Waals surface area contributed by atoms with E-state index in [2.05, 4.69) is 5.32 Å². The quantitative estimate of drug-likeness (QED) is 0.724. The maximum absolute atomic E-state index is 13.5. The van der Waals surface area contributed by atoms with Gasteiger partial charge in [-0.05, 0) is 24.1 Å². The van der Waals surface area contributed by atoms with E-state index < -0.39 is 39.7 Å². The zero-order valence-corrected chi connectivity index (χ0v) is 13.1. The Kier molecular flexibility index (Phi) is 5.61. The van der Waals surface area contributed by atoms with Gasteiger partial charge in [-0.2, -0.15) is 4.72 Å². The molecule has 1 amide bonds. The highest BCUT2D eigenvalue weighted by atomic mass is 32.2. The van der Waals surface area contributed by atoms with Gasteiger partial charge >= 0.3 is 5.97 Å². The topological polar surface area (TPSA) is 113 Å². The van der Waals surface area contributed by atoms with Crippen molar-refractivity contribution >= 4 is 27.6 Å². The molecule has 0 fully saturated rings. The lowest BCUT2D eigenvalue weighted by Crippen LogP contribution is -2.44. The van der Waals surface area contributed by atoms with Crippen LogP contribution in [0.15, 0.2) is 23.1 Å². The van der Waals surface area contributed by atoms with Crippen LogP contribution in [0.25, 0.3) is 0 Å². The third kappa shape index (κ3) is 4.50. The molecule has 7 nitrogen and oxygen atoms in total. The average molecular weight is 332 g/mol. The Balaban J connectivity index is 3.17. The lowest BCUT2D eigenvalue weighted by atomic mass is 10.1. The molecular weight excluding hydrogens is 315 g/mol. The molecule has 1 atom stereocenters. The lowest BCUT2D eigenvalue weighted by molar-refractivity contribution is -0.140. The van der Waals surface area contributed by atoms with Crippen molar-refractivity contribution in [1.82, 2.24) is 4.72 Å². The Morgan fingerprint density at radius 2 is 1.86 bits per heavy atom. The number of halogens is 1. The molecule has 9 heteroatoms. The molecule has 0 aliphatic carbocycles. The Morgan fingerprint density at radius 1 is 1.27 bits per heavy atom. The minimum atomic E-state index is -4.17. The highest BCUT2D eigenvalue weighted by Gasteiger charge is 2.28. The van der Waals surface area contributed by atoms with Crippen LogP contribution in [-0.2, 0) is 19.6 Å². The standard InChI is InChI=1S/C13H17FN2O5S/c1-7(2)12(13(18)19)16-22(20,21)9-4-5-10(14)11(6-9)15-8(3)17/h4-7,12,16H,1-3H3,(H,15,17)(H,18,19). The van der Waals surface area contributed by atoms with Crippen LogP contribution < -0.4 is 10.0 Å². The summed E-state index contributed by atoms with van der Waals surface area (Å²) in [4.78, 5) is 21.7. The number of hydrogen-bond acceptors (Lipinski definition) is 4. The third-order valence-electron chi connectivity index (χ3n) is 2.77. The van der Waals surface area contributed by atoms with Crippen LogP contribution in [0.4, 0.5) is 10.1 Å². The molecule has 0 saturated carbocycles. The maximum Gasteiger partial charge on any atom is 0.322 e. The number of sulfonamides is 1. The minimum absolute atomic E-state index is 0.299. The van der Waals surface area contributed by atoms with Gasteiger partial charge in [0.1, 0.15) is 11.9 Å². The van der Waals surface area contributed by atoms with Gasteiger partial charge < -0.3 is 10.4 Å². The van der Waals surface area contributed by atoms with Crippen molar-refractivity contribution in [2.45, 2.75) is 31.7 Å². The van der Waals surface area contributed by atoms with Crippen LogP contribution in [0.1, 0.15) is 20.8 Å². The highest BCUT2D eigenvalue weighted by molar-refractivity contribution is 7.89. The van der Waals surface area contributed by atoms with Crippen LogP contribution in [0.5, 0.6) is 0 Å². The number of carbonyl (C=O) groups excluding carboxylic acids is 1. The lowest BCUT2D eigenvalue weighted by Gasteiger charge is -2.18. The molecule has 1 rings (SSSR count). The van der Waals surface area contributed by atoms with Gasteiger partial charge in [0.2, 0.25) is 15.9 Å². The van der Waals surface area contributed by atoms with Crippen LogP contribution >= 0.6 is 0 Å². The van der Waals surface area contributed by atoms with Crippen molar-refractivity contribution in [3.05, 3.63) is 24.0 Å². The fourth-order valence-electron chi connectivity index (χ4n) is 1.66. The molecular formula is C13H17FN2O5S. The molecule has 0 radical (unpaired) electrons. The Bertz CT molecular complexity index is 688. The number of carboxylic acid groups (broad SMARTS) is 1. The van der Waals surface area contributed by atoms with Gasteiger partial charge in [-0.1, -0.05) is 13.8 Å². The first-order valence-electron chi connectivity index (χ1n) is 6.37. The van der Waals surface area contributed by atoms with Crippen LogP contribution in [0.3, 0.4) is 0 Å². The van der Waals surface area contributed by atoms with E-state index in [9.17, 15) is 22.4 Å². The number of amides is 1. The summed E-state index contributed by atoms with van der Waals surface area (Å²) in [5.74, 6) is -3.16. The van der Waals surface area contributed by atoms with E-state index in [1.807, 2.05) is 4.72 Å². The Labute approximate surface area is 127 Å². The second-order valence-electron chi connectivity index (χ2n) is 5.00. The molecule has 3 N–H and O–H groups in total. The van der Waals surface area contributed by atoms with E-state index in [1.54, 1.807) is 13.8 Å². The Hall–Kier alpha value is -2.00. The number of benzene rings is 1. The second-order valence-corrected chi connectivity index (χ2v) is 6.72. The van der Waals surface area contributed by atoms with Crippen molar-refractivity contribution in [3.8, 4) is 0 Å². The number of hydrogen-bond donors (Lipinski definition) is 3. The summed E-state index contributed by atoms with van der Waals surface area (Å²) in [7, 11) is -4.17. The fraction of sp³-hybridized carbons (Fsp3) is 0.385. The van der Waals surface area contributed by atoms with Gasteiger partial charge in [-0.15, -0.1) is 0 Å². The van der Waals surface area contributed by atoms with E-state index in [-0.39, 0.29) is 10.6 Å². The summed E-state index contributed by atoms with van der Waals surface area (Å²) in [6.45, 7) is 4.25. The van der Waals surface area contributed by atoms with Crippen molar-refractivity contribution in [2.24, 2.45) is 5.92 Å². The van der Waals surface area contributed by atoms with Crippen molar-refractivity contribution < 1.29 is 27.5 Å².